The molecule has 2 saturated carbocycles. The Morgan fingerprint density at radius 2 is 1.50 bits per heavy atom. The second-order valence-electron chi connectivity index (χ2n) is 3.47. The summed E-state index contributed by atoms with van der Waals surface area (Å²) in [5, 5.41) is 0. The van der Waals surface area contributed by atoms with Crippen molar-refractivity contribution in [2.24, 2.45) is 17.8 Å². The van der Waals surface area contributed by atoms with Crippen LogP contribution in [0.4, 0.5) is 0 Å². The Labute approximate surface area is 51.3 Å². The molecule has 2 rings (SSSR count). The lowest BCUT2D eigenvalue weighted by Gasteiger charge is -2.05. The Morgan fingerprint density at radius 3 is 1.88 bits per heavy atom. The molecular formula is C8H14. The van der Waals surface area contributed by atoms with E-state index in [1.54, 1.807) is 12.8 Å². The number of rotatable bonds is 0. The molecule has 0 N–H and O–H groups in total. The SMILES string of the molecule is CC1[C@@H]2CCCC[C@@H]12. The summed E-state index contributed by atoms with van der Waals surface area (Å²) in [5.41, 5.74) is 0. The highest BCUT2D eigenvalue weighted by Crippen LogP contribution is 2.54. The van der Waals surface area contributed by atoms with Gasteiger partial charge in [-0.2, -0.15) is 0 Å². The van der Waals surface area contributed by atoms with Gasteiger partial charge in [0.1, 0.15) is 0 Å². The van der Waals surface area contributed by atoms with Crippen molar-refractivity contribution in [1.29, 1.82) is 0 Å². The summed E-state index contributed by atoms with van der Waals surface area (Å²) in [4.78, 5) is 0. The van der Waals surface area contributed by atoms with Crippen molar-refractivity contribution >= 4 is 0 Å². The predicted octanol–water partition coefficient (Wildman–Crippen LogP) is 2.44. The van der Waals surface area contributed by atoms with Crippen molar-refractivity contribution < 1.29 is 0 Å². The fraction of sp³-hybridized carbons (Fsp3) is 1.00. The molecule has 0 unspecified atom stereocenters. The first kappa shape index (κ1) is 4.84. The summed E-state index contributed by atoms with van der Waals surface area (Å²) in [6, 6.07) is 0. The van der Waals surface area contributed by atoms with Crippen molar-refractivity contribution in [2.45, 2.75) is 32.6 Å². The summed E-state index contributed by atoms with van der Waals surface area (Å²) in [5.74, 6) is 3.45. The van der Waals surface area contributed by atoms with Gasteiger partial charge in [-0.25, -0.2) is 0 Å². The van der Waals surface area contributed by atoms with E-state index in [1.807, 2.05) is 0 Å². The van der Waals surface area contributed by atoms with Gasteiger partial charge in [-0.1, -0.05) is 19.8 Å². The Hall–Kier alpha value is 0. The van der Waals surface area contributed by atoms with Gasteiger partial charge in [0, 0.05) is 0 Å². The van der Waals surface area contributed by atoms with Crippen molar-refractivity contribution in [1.82, 2.24) is 0 Å². The molecule has 2 aliphatic rings. The van der Waals surface area contributed by atoms with Crippen LogP contribution in [0.1, 0.15) is 32.6 Å². The van der Waals surface area contributed by atoms with Gasteiger partial charge in [-0.15, -0.1) is 0 Å². The number of hydrogen-bond donors (Lipinski definition) is 0. The van der Waals surface area contributed by atoms with E-state index < -0.39 is 0 Å². The third-order valence-corrected chi connectivity index (χ3v) is 3.08. The molecule has 8 heavy (non-hydrogen) atoms. The Kier molecular flexibility index (Phi) is 0.902. The Balaban J connectivity index is 1.97. The molecule has 0 spiro atoms. The summed E-state index contributed by atoms with van der Waals surface area (Å²) >= 11 is 0. The van der Waals surface area contributed by atoms with E-state index in [4.69, 9.17) is 0 Å². The molecule has 0 aromatic heterocycles. The smallest absolute Gasteiger partial charge is 0.0355 e. The molecule has 2 atom stereocenters. The van der Waals surface area contributed by atoms with Crippen LogP contribution < -0.4 is 0 Å². The monoisotopic (exact) mass is 110 g/mol. The summed E-state index contributed by atoms with van der Waals surface area (Å²) in [7, 11) is 0. The molecule has 0 saturated heterocycles. The second kappa shape index (κ2) is 1.49. The van der Waals surface area contributed by atoms with Crippen LogP contribution in [0, 0.1) is 17.8 Å². The highest BCUT2D eigenvalue weighted by Gasteiger charge is 2.46. The molecule has 0 aliphatic heterocycles. The molecule has 0 heteroatoms. The quantitative estimate of drug-likeness (QED) is 0.449. The second-order valence-corrected chi connectivity index (χ2v) is 3.47. The zero-order valence-electron chi connectivity index (χ0n) is 5.56. The van der Waals surface area contributed by atoms with Gasteiger partial charge in [0.2, 0.25) is 0 Å². The van der Waals surface area contributed by atoms with Gasteiger partial charge >= 0.3 is 0 Å². The van der Waals surface area contributed by atoms with Crippen LogP contribution in [-0.2, 0) is 0 Å². The topological polar surface area (TPSA) is 0 Å². The van der Waals surface area contributed by atoms with Crippen molar-refractivity contribution in [3.63, 3.8) is 0 Å². The Morgan fingerprint density at radius 1 is 1.00 bits per heavy atom. The van der Waals surface area contributed by atoms with Crippen LogP contribution in [0.25, 0.3) is 0 Å². The van der Waals surface area contributed by atoms with E-state index in [0.717, 1.165) is 5.92 Å². The third kappa shape index (κ3) is 0.519. The van der Waals surface area contributed by atoms with Crippen molar-refractivity contribution in [2.75, 3.05) is 0 Å². The first-order chi connectivity index (χ1) is 3.89. The molecule has 0 aromatic carbocycles. The van der Waals surface area contributed by atoms with Crippen LogP contribution in [0.5, 0.6) is 0 Å². The first-order valence-electron chi connectivity index (χ1n) is 3.89. The van der Waals surface area contributed by atoms with E-state index in [0.29, 0.717) is 0 Å². The standard InChI is InChI=1S/C8H14/c1-6-7-4-2-3-5-8(6)7/h6-8H,2-5H2,1H3/t7-,8-/m0/s1. The van der Waals surface area contributed by atoms with Crippen LogP contribution in [0.3, 0.4) is 0 Å². The average molecular weight is 110 g/mol. The lowest BCUT2D eigenvalue weighted by molar-refractivity contribution is 0.480. The minimum atomic E-state index is 1.11. The van der Waals surface area contributed by atoms with E-state index in [-0.39, 0.29) is 0 Å². The third-order valence-electron chi connectivity index (χ3n) is 3.08. The molecule has 0 bridgehead atoms. The predicted molar refractivity (Wildman–Crippen MR) is 34.6 cm³/mol. The largest absolute Gasteiger partial charge is 0.0620 e. The Bertz CT molecular complexity index is 84.2. The number of hydrogen-bond acceptors (Lipinski definition) is 0. The lowest BCUT2D eigenvalue weighted by Crippen LogP contribution is -1.91. The zero-order valence-corrected chi connectivity index (χ0v) is 5.56. The first-order valence-corrected chi connectivity index (χ1v) is 3.89. The maximum atomic E-state index is 2.42. The fourth-order valence-corrected chi connectivity index (χ4v) is 2.35. The maximum Gasteiger partial charge on any atom is -0.0355 e. The van der Waals surface area contributed by atoms with Crippen LogP contribution in [-0.4, -0.2) is 0 Å². The molecule has 0 aromatic rings. The van der Waals surface area contributed by atoms with E-state index >= 15 is 0 Å². The minimum Gasteiger partial charge on any atom is -0.0620 e. The highest BCUT2D eigenvalue weighted by molar-refractivity contribution is 4.95. The van der Waals surface area contributed by atoms with Gasteiger partial charge in [0.15, 0.2) is 0 Å². The normalized spacial score (nSPS) is 52.9. The van der Waals surface area contributed by atoms with Gasteiger partial charge in [-0.3, -0.25) is 0 Å². The number of fused-ring (bicyclic) bond motifs is 1. The molecular weight excluding hydrogens is 96.1 g/mol. The molecule has 0 radical (unpaired) electrons. The highest BCUT2D eigenvalue weighted by atomic mass is 14.5. The van der Waals surface area contributed by atoms with Crippen LogP contribution in [0.15, 0.2) is 0 Å². The minimum absolute atomic E-state index is 1.11. The van der Waals surface area contributed by atoms with Gasteiger partial charge in [0.05, 0.1) is 0 Å². The summed E-state index contributed by atoms with van der Waals surface area (Å²) < 4.78 is 0. The van der Waals surface area contributed by atoms with Gasteiger partial charge < -0.3 is 0 Å². The molecule has 46 valence electrons. The van der Waals surface area contributed by atoms with Crippen molar-refractivity contribution in [3.8, 4) is 0 Å². The van der Waals surface area contributed by atoms with Crippen LogP contribution >= 0.6 is 0 Å². The van der Waals surface area contributed by atoms with E-state index in [1.165, 1.54) is 24.7 Å². The summed E-state index contributed by atoms with van der Waals surface area (Å²) in [6.07, 6.45) is 6.13. The van der Waals surface area contributed by atoms with Gasteiger partial charge in [0.25, 0.3) is 0 Å². The zero-order chi connectivity index (χ0) is 5.56. The van der Waals surface area contributed by atoms with Gasteiger partial charge in [-0.05, 0) is 30.6 Å². The molecule has 2 aliphatic carbocycles. The average Bonchev–Trinajstić information content (AvgIpc) is 2.46. The van der Waals surface area contributed by atoms with Crippen LogP contribution in [0.2, 0.25) is 0 Å². The van der Waals surface area contributed by atoms with Crippen molar-refractivity contribution in [3.05, 3.63) is 0 Å². The van der Waals surface area contributed by atoms with E-state index in [2.05, 4.69) is 6.92 Å². The molecule has 0 amide bonds. The fourth-order valence-electron chi connectivity index (χ4n) is 2.35. The molecule has 0 nitrogen and oxygen atoms in total. The van der Waals surface area contributed by atoms with E-state index in [9.17, 15) is 0 Å². The maximum absolute atomic E-state index is 2.42. The lowest BCUT2D eigenvalue weighted by atomic mass is 10.0. The molecule has 0 heterocycles. The molecule has 2 fully saturated rings. The summed E-state index contributed by atoms with van der Waals surface area (Å²) in [6.45, 7) is 2.42.